The van der Waals surface area contributed by atoms with Gasteiger partial charge in [-0.3, -0.25) is 0 Å². The second-order valence-corrected chi connectivity index (χ2v) is 5.35. The Hall–Kier alpha value is 0.0200. The van der Waals surface area contributed by atoms with E-state index in [1.807, 2.05) is 0 Å². The maximum absolute atomic E-state index is 10.6. The molecule has 1 N–H and O–H groups in total. The van der Waals surface area contributed by atoms with Crippen LogP contribution in [0.15, 0.2) is 0 Å². The van der Waals surface area contributed by atoms with Crippen LogP contribution in [0.25, 0.3) is 0 Å². The molecule has 17 heavy (non-hydrogen) atoms. The SMILES string of the molecule is CCCCCCCCCC(CCC)O[P+](=O)O. The van der Waals surface area contributed by atoms with E-state index in [0.717, 1.165) is 25.7 Å². The third kappa shape index (κ3) is 12.3. The molecule has 0 aromatic rings. The summed E-state index contributed by atoms with van der Waals surface area (Å²) in [5, 5.41) is 0. The first-order valence-corrected chi connectivity index (χ1v) is 8.16. The summed E-state index contributed by atoms with van der Waals surface area (Å²) in [7, 11) is -2.43. The lowest BCUT2D eigenvalue weighted by Crippen LogP contribution is -2.08. The maximum Gasteiger partial charge on any atom is 0.694 e. The largest absolute Gasteiger partial charge is 0.694 e. The lowest BCUT2D eigenvalue weighted by Gasteiger charge is -2.08. The predicted molar refractivity (Wildman–Crippen MR) is 72.2 cm³/mol. The van der Waals surface area contributed by atoms with Crippen molar-refractivity contribution in [2.24, 2.45) is 0 Å². The number of unbranched alkanes of at least 4 members (excludes halogenated alkanes) is 6. The molecule has 3 nitrogen and oxygen atoms in total. The molecular formula is C13H28O3P+. The molecule has 0 aliphatic rings. The van der Waals surface area contributed by atoms with Crippen molar-refractivity contribution in [3.8, 4) is 0 Å². The molecule has 2 unspecified atom stereocenters. The van der Waals surface area contributed by atoms with Gasteiger partial charge in [0.1, 0.15) is 6.10 Å². The molecule has 0 aromatic heterocycles. The van der Waals surface area contributed by atoms with Gasteiger partial charge in [0.2, 0.25) is 0 Å². The highest BCUT2D eigenvalue weighted by Crippen LogP contribution is 2.24. The summed E-state index contributed by atoms with van der Waals surface area (Å²) >= 11 is 0. The Balaban J connectivity index is 3.43. The van der Waals surface area contributed by atoms with E-state index in [1.165, 1.54) is 38.5 Å². The zero-order chi connectivity index (χ0) is 12.9. The Kier molecular flexibility index (Phi) is 12.5. The third-order valence-electron chi connectivity index (χ3n) is 2.98. The molecule has 0 radical (unpaired) electrons. The molecule has 0 aliphatic heterocycles. The molecule has 0 fully saturated rings. The zero-order valence-corrected chi connectivity index (χ0v) is 12.3. The van der Waals surface area contributed by atoms with Gasteiger partial charge in [-0.05, 0) is 12.8 Å². The van der Waals surface area contributed by atoms with E-state index in [4.69, 9.17) is 9.42 Å². The van der Waals surface area contributed by atoms with Crippen LogP contribution in [0.4, 0.5) is 0 Å². The molecule has 0 spiro atoms. The highest BCUT2D eigenvalue weighted by Gasteiger charge is 2.21. The van der Waals surface area contributed by atoms with E-state index >= 15 is 0 Å². The first-order valence-electron chi connectivity index (χ1n) is 7.03. The van der Waals surface area contributed by atoms with Crippen molar-refractivity contribution in [1.82, 2.24) is 0 Å². The van der Waals surface area contributed by atoms with E-state index in [2.05, 4.69) is 13.8 Å². The van der Waals surface area contributed by atoms with Gasteiger partial charge in [0.05, 0.1) is 0 Å². The van der Waals surface area contributed by atoms with Crippen molar-refractivity contribution in [3.05, 3.63) is 0 Å². The summed E-state index contributed by atoms with van der Waals surface area (Å²) in [4.78, 5) is 8.74. The fourth-order valence-corrected chi connectivity index (χ4v) is 2.49. The number of hydrogen-bond donors (Lipinski definition) is 1. The second-order valence-electron chi connectivity index (χ2n) is 4.66. The quantitative estimate of drug-likeness (QED) is 0.400. The number of hydrogen-bond acceptors (Lipinski definition) is 2. The molecule has 102 valence electrons. The minimum atomic E-state index is -2.43. The molecule has 0 bridgehead atoms. The van der Waals surface area contributed by atoms with Crippen LogP contribution in [0, 0.1) is 0 Å². The van der Waals surface area contributed by atoms with Crippen molar-refractivity contribution < 1.29 is 14.0 Å². The van der Waals surface area contributed by atoms with E-state index in [1.54, 1.807) is 0 Å². The summed E-state index contributed by atoms with van der Waals surface area (Å²) in [5.74, 6) is 0. The fourth-order valence-electron chi connectivity index (χ4n) is 2.03. The standard InChI is InChI=1S/C13H27O3P/c1-3-5-6-7-8-9-10-12-13(11-4-2)16-17(14)15/h13H,3-12H2,1-2H3/p+1. The van der Waals surface area contributed by atoms with Gasteiger partial charge in [-0.1, -0.05) is 65.2 Å². The monoisotopic (exact) mass is 263 g/mol. The van der Waals surface area contributed by atoms with Gasteiger partial charge in [0, 0.05) is 4.57 Å². The molecule has 0 aliphatic carbocycles. The smallest absolute Gasteiger partial charge is 0.133 e. The average molecular weight is 263 g/mol. The van der Waals surface area contributed by atoms with Gasteiger partial charge in [-0.2, -0.15) is 0 Å². The summed E-state index contributed by atoms with van der Waals surface area (Å²) in [6.45, 7) is 4.30. The highest BCUT2D eigenvalue weighted by atomic mass is 31.1. The fraction of sp³-hybridized carbons (Fsp3) is 1.00. The lowest BCUT2D eigenvalue weighted by atomic mass is 10.0. The Morgan fingerprint density at radius 1 is 0.941 bits per heavy atom. The van der Waals surface area contributed by atoms with Crippen LogP contribution in [0.2, 0.25) is 0 Å². The summed E-state index contributed by atoms with van der Waals surface area (Å²) in [6.07, 6.45) is 11.7. The van der Waals surface area contributed by atoms with Crippen LogP contribution >= 0.6 is 8.25 Å². The minimum absolute atomic E-state index is 0.0238. The van der Waals surface area contributed by atoms with Gasteiger partial charge in [-0.15, -0.1) is 9.42 Å². The third-order valence-corrected chi connectivity index (χ3v) is 3.46. The lowest BCUT2D eigenvalue weighted by molar-refractivity contribution is 0.165. The van der Waals surface area contributed by atoms with Crippen LogP contribution in [0.3, 0.4) is 0 Å². The van der Waals surface area contributed by atoms with Crippen LogP contribution in [0.1, 0.15) is 78.1 Å². The van der Waals surface area contributed by atoms with Crippen molar-refractivity contribution in [1.29, 1.82) is 0 Å². The molecule has 0 heterocycles. The first kappa shape index (κ1) is 17.0. The Labute approximate surface area is 107 Å². The Morgan fingerprint density at radius 3 is 2.06 bits per heavy atom. The van der Waals surface area contributed by atoms with Crippen LogP contribution in [-0.4, -0.2) is 11.0 Å². The van der Waals surface area contributed by atoms with Crippen LogP contribution in [-0.2, 0) is 9.09 Å². The average Bonchev–Trinajstić information content (AvgIpc) is 2.27. The Bertz CT molecular complexity index is 186. The number of rotatable bonds is 12. The van der Waals surface area contributed by atoms with Crippen molar-refractivity contribution in [2.75, 3.05) is 0 Å². The normalized spacial score (nSPS) is 13.7. The van der Waals surface area contributed by atoms with Crippen molar-refractivity contribution in [2.45, 2.75) is 84.2 Å². The molecule has 0 saturated carbocycles. The summed E-state index contributed by atoms with van der Waals surface area (Å²) < 4.78 is 15.6. The molecular weight excluding hydrogens is 235 g/mol. The van der Waals surface area contributed by atoms with E-state index < -0.39 is 8.25 Å². The van der Waals surface area contributed by atoms with Gasteiger partial charge in [0.15, 0.2) is 0 Å². The van der Waals surface area contributed by atoms with Gasteiger partial charge >= 0.3 is 8.25 Å². The summed E-state index contributed by atoms with van der Waals surface area (Å²) in [6, 6.07) is 0. The topological polar surface area (TPSA) is 46.5 Å². The zero-order valence-electron chi connectivity index (χ0n) is 11.4. The molecule has 0 aromatic carbocycles. The molecule has 0 saturated heterocycles. The van der Waals surface area contributed by atoms with E-state index in [-0.39, 0.29) is 6.10 Å². The molecule has 4 heteroatoms. The summed E-state index contributed by atoms with van der Waals surface area (Å²) in [5.41, 5.74) is 0. The predicted octanol–water partition coefficient (Wildman–Crippen LogP) is 4.96. The van der Waals surface area contributed by atoms with Crippen molar-refractivity contribution >= 4 is 8.25 Å². The van der Waals surface area contributed by atoms with Gasteiger partial charge < -0.3 is 0 Å². The van der Waals surface area contributed by atoms with E-state index in [9.17, 15) is 4.57 Å². The van der Waals surface area contributed by atoms with Crippen LogP contribution in [0.5, 0.6) is 0 Å². The molecule has 0 rings (SSSR count). The highest BCUT2D eigenvalue weighted by molar-refractivity contribution is 7.32. The maximum atomic E-state index is 10.6. The Morgan fingerprint density at radius 2 is 1.53 bits per heavy atom. The van der Waals surface area contributed by atoms with Crippen LogP contribution < -0.4 is 0 Å². The van der Waals surface area contributed by atoms with E-state index in [0.29, 0.717) is 0 Å². The minimum Gasteiger partial charge on any atom is -0.133 e. The van der Waals surface area contributed by atoms with Crippen molar-refractivity contribution in [3.63, 3.8) is 0 Å². The van der Waals surface area contributed by atoms with Gasteiger partial charge in [-0.25, -0.2) is 0 Å². The second kappa shape index (κ2) is 12.5. The molecule has 2 atom stereocenters. The molecule has 0 amide bonds. The first-order chi connectivity index (χ1) is 8.20. The van der Waals surface area contributed by atoms with Gasteiger partial charge in [0.25, 0.3) is 0 Å².